The van der Waals surface area contributed by atoms with Crippen LogP contribution in [0.25, 0.3) is 0 Å². The molecule has 0 aliphatic carbocycles. The standard InChI is InChI=1S/C13H19Cl2N3O/c1-18-5-6-19-13(8-18)12(17-16)7-9-10(14)3-2-4-11(9)15/h2-4,12-13,17H,5-8,16H2,1H3. The number of nitrogens with zero attached hydrogens (tertiary/aromatic N) is 1. The average Bonchev–Trinajstić information content (AvgIpc) is 2.38. The predicted octanol–water partition coefficient (Wildman–Crippen LogP) is 1.70. The maximum atomic E-state index is 6.19. The Hall–Kier alpha value is -0.360. The first-order valence-electron chi connectivity index (χ1n) is 6.31. The van der Waals surface area contributed by atoms with Crippen LogP contribution in [-0.4, -0.2) is 43.8 Å². The van der Waals surface area contributed by atoms with Crippen LogP contribution in [0.1, 0.15) is 5.56 Å². The number of ether oxygens (including phenoxy) is 1. The number of rotatable bonds is 4. The van der Waals surface area contributed by atoms with Crippen molar-refractivity contribution in [2.75, 3.05) is 26.7 Å². The first kappa shape index (κ1) is 15.0. The van der Waals surface area contributed by atoms with Crippen molar-refractivity contribution in [3.63, 3.8) is 0 Å². The Kier molecular flexibility index (Phi) is 5.45. The number of benzene rings is 1. The van der Waals surface area contributed by atoms with Crippen LogP contribution in [0.2, 0.25) is 10.0 Å². The second kappa shape index (κ2) is 6.88. The van der Waals surface area contributed by atoms with E-state index in [2.05, 4.69) is 17.4 Å². The predicted molar refractivity (Wildman–Crippen MR) is 78.5 cm³/mol. The second-order valence-corrected chi connectivity index (χ2v) is 5.66. The molecule has 1 saturated heterocycles. The Morgan fingerprint density at radius 1 is 1.47 bits per heavy atom. The van der Waals surface area contributed by atoms with E-state index in [1.165, 1.54) is 0 Å². The topological polar surface area (TPSA) is 50.5 Å². The van der Waals surface area contributed by atoms with Crippen molar-refractivity contribution in [2.24, 2.45) is 5.84 Å². The Bertz CT molecular complexity index is 410. The third-order valence-corrected chi connectivity index (χ3v) is 4.15. The molecule has 6 heteroatoms. The van der Waals surface area contributed by atoms with Crippen molar-refractivity contribution in [3.05, 3.63) is 33.8 Å². The Balaban J connectivity index is 2.10. The van der Waals surface area contributed by atoms with Gasteiger partial charge in [-0.25, -0.2) is 0 Å². The number of hydrogen-bond acceptors (Lipinski definition) is 4. The number of hydrazine groups is 1. The van der Waals surface area contributed by atoms with Crippen LogP contribution < -0.4 is 11.3 Å². The number of nitrogens with one attached hydrogen (secondary N) is 1. The lowest BCUT2D eigenvalue weighted by atomic mass is 10.0. The maximum absolute atomic E-state index is 6.19. The van der Waals surface area contributed by atoms with Crippen LogP contribution in [0.5, 0.6) is 0 Å². The molecule has 19 heavy (non-hydrogen) atoms. The van der Waals surface area contributed by atoms with Crippen LogP contribution in [0, 0.1) is 0 Å². The van der Waals surface area contributed by atoms with E-state index in [4.69, 9.17) is 33.8 Å². The van der Waals surface area contributed by atoms with Gasteiger partial charge in [-0.2, -0.15) is 0 Å². The van der Waals surface area contributed by atoms with Crippen LogP contribution in [0.15, 0.2) is 18.2 Å². The van der Waals surface area contributed by atoms with Crippen LogP contribution in [0.3, 0.4) is 0 Å². The van der Waals surface area contributed by atoms with E-state index in [1.807, 2.05) is 18.2 Å². The van der Waals surface area contributed by atoms with E-state index in [-0.39, 0.29) is 12.1 Å². The van der Waals surface area contributed by atoms with Gasteiger partial charge in [0.05, 0.1) is 18.8 Å². The van der Waals surface area contributed by atoms with E-state index in [0.29, 0.717) is 16.5 Å². The number of halogens is 2. The normalized spacial score (nSPS) is 22.4. The smallest absolute Gasteiger partial charge is 0.0871 e. The molecule has 1 heterocycles. The number of morpholine rings is 1. The summed E-state index contributed by atoms with van der Waals surface area (Å²) in [5.74, 6) is 5.66. The van der Waals surface area contributed by atoms with Gasteiger partial charge in [-0.05, 0) is 31.2 Å². The highest BCUT2D eigenvalue weighted by atomic mass is 35.5. The van der Waals surface area contributed by atoms with Crippen molar-refractivity contribution in [2.45, 2.75) is 18.6 Å². The molecule has 0 amide bonds. The number of nitrogens with two attached hydrogens (primary N) is 1. The largest absolute Gasteiger partial charge is 0.374 e. The molecule has 2 atom stereocenters. The lowest BCUT2D eigenvalue weighted by Gasteiger charge is -2.35. The van der Waals surface area contributed by atoms with Crippen LogP contribution in [-0.2, 0) is 11.2 Å². The zero-order chi connectivity index (χ0) is 13.8. The SMILES string of the molecule is CN1CCOC(C(Cc2c(Cl)cccc2Cl)NN)C1. The fourth-order valence-electron chi connectivity index (χ4n) is 2.30. The van der Waals surface area contributed by atoms with Crippen molar-refractivity contribution in [3.8, 4) is 0 Å². The lowest BCUT2D eigenvalue weighted by molar-refractivity contribution is -0.0384. The molecule has 0 aromatic heterocycles. The van der Waals surface area contributed by atoms with E-state index < -0.39 is 0 Å². The van der Waals surface area contributed by atoms with Gasteiger partial charge in [-0.3, -0.25) is 11.3 Å². The molecule has 0 bridgehead atoms. The van der Waals surface area contributed by atoms with Gasteiger partial charge in [0.25, 0.3) is 0 Å². The minimum absolute atomic E-state index is 0.0138. The van der Waals surface area contributed by atoms with Crippen molar-refractivity contribution >= 4 is 23.2 Å². The molecular formula is C13H19Cl2N3O. The second-order valence-electron chi connectivity index (χ2n) is 4.85. The van der Waals surface area contributed by atoms with E-state index in [9.17, 15) is 0 Å². The number of likely N-dealkylation sites (N-methyl/N-ethyl adjacent to an activating group) is 1. The average molecular weight is 304 g/mol. The third-order valence-electron chi connectivity index (χ3n) is 3.45. The molecule has 1 aromatic carbocycles. The van der Waals surface area contributed by atoms with Gasteiger partial charge in [-0.15, -0.1) is 0 Å². The molecule has 1 aliphatic heterocycles. The third kappa shape index (κ3) is 3.81. The molecule has 2 rings (SSSR count). The van der Waals surface area contributed by atoms with Gasteiger partial charge < -0.3 is 9.64 Å². The molecule has 3 N–H and O–H groups in total. The fourth-order valence-corrected chi connectivity index (χ4v) is 2.85. The lowest BCUT2D eigenvalue weighted by Crippen LogP contribution is -2.54. The van der Waals surface area contributed by atoms with Gasteiger partial charge in [0.15, 0.2) is 0 Å². The molecule has 1 fully saturated rings. The summed E-state index contributed by atoms with van der Waals surface area (Å²) in [5.41, 5.74) is 3.73. The van der Waals surface area contributed by atoms with Gasteiger partial charge in [0, 0.05) is 23.1 Å². The highest BCUT2D eigenvalue weighted by Gasteiger charge is 2.27. The minimum Gasteiger partial charge on any atom is -0.374 e. The zero-order valence-electron chi connectivity index (χ0n) is 10.9. The zero-order valence-corrected chi connectivity index (χ0v) is 12.4. The van der Waals surface area contributed by atoms with E-state index in [0.717, 1.165) is 25.3 Å². The highest BCUT2D eigenvalue weighted by molar-refractivity contribution is 6.36. The molecule has 2 unspecified atom stereocenters. The first-order chi connectivity index (χ1) is 9.11. The van der Waals surface area contributed by atoms with Crippen molar-refractivity contribution in [1.82, 2.24) is 10.3 Å². The van der Waals surface area contributed by atoms with Crippen LogP contribution in [0.4, 0.5) is 0 Å². The summed E-state index contributed by atoms with van der Waals surface area (Å²) in [6.45, 7) is 2.51. The van der Waals surface area contributed by atoms with E-state index >= 15 is 0 Å². The van der Waals surface area contributed by atoms with Crippen LogP contribution >= 0.6 is 23.2 Å². The summed E-state index contributed by atoms with van der Waals surface area (Å²) in [6, 6.07) is 5.50. The molecule has 0 saturated carbocycles. The maximum Gasteiger partial charge on any atom is 0.0871 e. The first-order valence-corrected chi connectivity index (χ1v) is 7.06. The molecule has 0 spiro atoms. The Labute approximate surface area is 123 Å². The van der Waals surface area contributed by atoms with Gasteiger partial charge >= 0.3 is 0 Å². The summed E-state index contributed by atoms with van der Waals surface area (Å²) < 4.78 is 5.78. The quantitative estimate of drug-likeness (QED) is 0.657. The summed E-state index contributed by atoms with van der Waals surface area (Å²) >= 11 is 12.4. The van der Waals surface area contributed by atoms with E-state index in [1.54, 1.807) is 0 Å². The van der Waals surface area contributed by atoms with Crippen molar-refractivity contribution < 1.29 is 4.74 Å². The van der Waals surface area contributed by atoms with Gasteiger partial charge in [-0.1, -0.05) is 29.3 Å². The molecule has 1 aliphatic rings. The molecular weight excluding hydrogens is 285 g/mol. The summed E-state index contributed by atoms with van der Waals surface area (Å²) in [7, 11) is 2.07. The highest BCUT2D eigenvalue weighted by Crippen LogP contribution is 2.26. The Morgan fingerprint density at radius 2 is 2.16 bits per heavy atom. The monoisotopic (exact) mass is 303 g/mol. The van der Waals surface area contributed by atoms with Gasteiger partial charge in [0.2, 0.25) is 0 Å². The molecule has 1 aromatic rings. The summed E-state index contributed by atoms with van der Waals surface area (Å²) in [4.78, 5) is 2.23. The number of hydrogen-bond donors (Lipinski definition) is 2. The van der Waals surface area contributed by atoms with Gasteiger partial charge in [0.1, 0.15) is 0 Å². The molecule has 4 nitrogen and oxygen atoms in total. The summed E-state index contributed by atoms with van der Waals surface area (Å²) in [6.07, 6.45) is 0.684. The molecule has 0 radical (unpaired) electrons. The van der Waals surface area contributed by atoms with Crippen molar-refractivity contribution in [1.29, 1.82) is 0 Å². The fraction of sp³-hybridized carbons (Fsp3) is 0.538. The Morgan fingerprint density at radius 3 is 2.74 bits per heavy atom. The summed E-state index contributed by atoms with van der Waals surface area (Å²) in [5, 5.41) is 1.33. The minimum atomic E-state index is -0.0138. The molecule has 106 valence electrons.